The number of aliphatic hydroxyl groups excluding tert-OH is 1. The van der Waals surface area contributed by atoms with Crippen LogP contribution >= 0.6 is 0 Å². The number of carbonyl (C=O) groups is 1. The number of hydrogen-bond acceptors (Lipinski definition) is 4. The molecule has 0 aliphatic carbocycles. The minimum atomic E-state index is -4.46. The van der Waals surface area contributed by atoms with E-state index in [1.807, 2.05) is 0 Å². The second-order valence-electron chi connectivity index (χ2n) is 6.08. The standard InChI is InChI=1S/C19H18F3NO4/c20-19(21,22)14-4-2-6-16(10-14)27-15-5-1-3-13(9-15)18(25)23-7-8-26-17(11-23)12-24/h1-6,9-10,17,24H,7-8,11-12H2/t17-/m0/s1. The molecule has 0 spiro atoms. The molecule has 0 aromatic heterocycles. The summed E-state index contributed by atoms with van der Waals surface area (Å²) in [5.41, 5.74) is -0.464. The van der Waals surface area contributed by atoms with Gasteiger partial charge in [-0.05, 0) is 36.4 Å². The molecular weight excluding hydrogens is 363 g/mol. The molecule has 0 unspecified atom stereocenters. The summed E-state index contributed by atoms with van der Waals surface area (Å²) in [6.07, 6.45) is -4.89. The zero-order valence-electron chi connectivity index (χ0n) is 14.3. The van der Waals surface area contributed by atoms with Crippen molar-refractivity contribution in [3.8, 4) is 11.5 Å². The van der Waals surface area contributed by atoms with Gasteiger partial charge >= 0.3 is 6.18 Å². The first-order valence-electron chi connectivity index (χ1n) is 8.34. The second kappa shape index (κ2) is 7.98. The van der Waals surface area contributed by atoms with E-state index in [9.17, 15) is 23.1 Å². The quantitative estimate of drug-likeness (QED) is 0.883. The Morgan fingerprint density at radius 1 is 1.19 bits per heavy atom. The highest BCUT2D eigenvalue weighted by molar-refractivity contribution is 5.94. The Morgan fingerprint density at radius 2 is 1.89 bits per heavy atom. The van der Waals surface area contributed by atoms with Gasteiger partial charge in [0.05, 0.1) is 24.9 Å². The summed E-state index contributed by atoms with van der Waals surface area (Å²) < 4.78 is 49.3. The van der Waals surface area contributed by atoms with Gasteiger partial charge in [0, 0.05) is 18.7 Å². The monoisotopic (exact) mass is 381 g/mol. The smallest absolute Gasteiger partial charge is 0.416 e. The summed E-state index contributed by atoms with van der Waals surface area (Å²) in [6, 6.07) is 10.8. The van der Waals surface area contributed by atoms with Crippen molar-refractivity contribution in [1.29, 1.82) is 0 Å². The third kappa shape index (κ3) is 4.78. The second-order valence-corrected chi connectivity index (χ2v) is 6.08. The average Bonchev–Trinajstić information content (AvgIpc) is 2.67. The van der Waals surface area contributed by atoms with Gasteiger partial charge in [-0.3, -0.25) is 4.79 Å². The number of aliphatic hydroxyl groups is 1. The lowest BCUT2D eigenvalue weighted by atomic mass is 10.1. The van der Waals surface area contributed by atoms with Gasteiger partial charge in [-0.2, -0.15) is 13.2 Å². The Hall–Kier alpha value is -2.58. The number of morpholine rings is 1. The molecule has 1 fully saturated rings. The van der Waals surface area contributed by atoms with Crippen molar-refractivity contribution in [1.82, 2.24) is 4.90 Å². The molecule has 5 nitrogen and oxygen atoms in total. The lowest BCUT2D eigenvalue weighted by Gasteiger charge is -2.32. The summed E-state index contributed by atoms with van der Waals surface area (Å²) in [7, 11) is 0. The Bertz CT molecular complexity index is 810. The molecule has 0 radical (unpaired) electrons. The minimum Gasteiger partial charge on any atom is -0.457 e. The van der Waals surface area contributed by atoms with Crippen LogP contribution in [0.3, 0.4) is 0 Å². The normalized spacial score (nSPS) is 17.6. The lowest BCUT2D eigenvalue weighted by molar-refractivity contribution is -0.137. The average molecular weight is 381 g/mol. The fourth-order valence-electron chi connectivity index (χ4n) is 2.76. The molecule has 0 bridgehead atoms. The molecule has 1 aliphatic heterocycles. The van der Waals surface area contributed by atoms with Crippen molar-refractivity contribution in [3.05, 3.63) is 59.7 Å². The van der Waals surface area contributed by atoms with Crippen molar-refractivity contribution in [2.75, 3.05) is 26.3 Å². The van der Waals surface area contributed by atoms with Gasteiger partial charge < -0.3 is 19.5 Å². The molecule has 2 aromatic carbocycles. The maximum Gasteiger partial charge on any atom is 0.416 e. The van der Waals surface area contributed by atoms with E-state index in [1.165, 1.54) is 18.2 Å². The van der Waals surface area contributed by atoms with Crippen LogP contribution in [0, 0.1) is 0 Å². The molecule has 1 heterocycles. The molecule has 1 amide bonds. The first-order valence-corrected chi connectivity index (χ1v) is 8.34. The Balaban J connectivity index is 1.75. The number of benzene rings is 2. The summed E-state index contributed by atoms with van der Waals surface area (Å²) in [6.45, 7) is 0.821. The van der Waals surface area contributed by atoms with E-state index < -0.39 is 17.8 Å². The van der Waals surface area contributed by atoms with Crippen molar-refractivity contribution in [2.24, 2.45) is 0 Å². The van der Waals surface area contributed by atoms with Crippen LogP contribution in [0.15, 0.2) is 48.5 Å². The molecule has 27 heavy (non-hydrogen) atoms. The molecular formula is C19H18F3NO4. The summed E-state index contributed by atoms with van der Waals surface area (Å²) in [5.74, 6) is 0.0273. The number of nitrogens with zero attached hydrogens (tertiary/aromatic N) is 1. The third-order valence-corrected chi connectivity index (χ3v) is 4.11. The van der Waals surface area contributed by atoms with Gasteiger partial charge in [0.25, 0.3) is 5.91 Å². The van der Waals surface area contributed by atoms with E-state index in [2.05, 4.69) is 0 Å². The number of rotatable bonds is 4. The number of alkyl halides is 3. The molecule has 0 saturated carbocycles. The first-order chi connectivity index (χ1) is 12.9. The molecule has 1 aliphatic rings. The summed E-state index contributed by atoms with van der Waals surface area (Å²) >= 11 is 0. The summed E-state index contributed by atoms with van der Waals surface area (Å²) in [5, 5.41) is 9.19. The fourth-order valence-corrected chi connectivity index (χ4v) is 2.76. The van der Waals surface area contributed by atoms with Crippen LogP contribution < -0.4 is 4.74 Å². The zero-order chi connectivity index (χ0) is 19.4. The highest BCUT2D eigenvalue weighted by atomic mass is 19.4. The Labute approximate surface area is 153 Å². The maximum atomic E-state index is 12.8. The van der Waals surface area contributed by atoms with Gasteiger partial charge in [0.2, 0.25) is 0 Å². The van der Waals surface area contributed by atoms with Gasteiger partial charge in [0.1, 0.15) is 11.5 Å². The predicted octanol–water partition coefficient (Wildman–Crippen LogP) is 3.33. The SMILES string of the molecule is O=C(c1cccc(Oc2cccc(C(F)(F)F)c2)c1)N1CCO[C@H](CO)C1. The van der Waals surface area contributed by atoms with Crippen LogP contribution in [-0.2, 0) is 10.9 Å². The van der Waals surface area contributed by atoms with Gasteiger partial charge in [-0.25, -0.2) is 0 Å². The highest BCUT2D eigenvalue weighted by Gasteiger charge is 2.30. The topological polar surface area (TPSA) is 59.0 Å². The van der Waals surface area contributed by atoms with E-state index in [-0.39, 0.29) is 30.6 Å². The zero-order valence-corrected chi connectivity index (χ0v) is 14.3. The van der Waals surface area contributed by atoms with E-state index in [0.717, 1.165) is 12.1 Å². The van der Waals surface area contributed by atoms with Gasteiger partial charge in [-0.1, -0.05) is 12.1 Å². The van der Waals surface area contributed by atoms with Crippen LogP contribution in [0.25, 0.3) is 0 Å². The van der Waals surface area contributed by atoms with Crippen molar-refractivity contribution < 1.29 is 32.5 Å². The van der Waals surface area contributed by atoms with Crippen molar-refractivity contribution >= 4 is 5.91 Å². The molecule has 3 rings (SSSR count). The number of hydrogen-bond donors (Lipinski definition) is 1. The van der Waals surface area contributed by atoms with Crippen molar-refractivity contribution in [3.63, 3.8) is 0 Å². The predicted molar refractivity (Wildman–Crippen MR) is 90.7 cm³/mol. The van der Waals surface area contributed by atoms with E-state index >= 15 is 0 Å². The Kier molecular flexibility index (Phi) is 5.67. The number of amides is 1. The highest BCUT2D eigenvalue weighted by Crippen LogP contribution is 2.32. The number of halogens is 3. The molecule has 1 atom stereocenters. The number of ether oxygens (including phenoxy) is 2. The largest absolute Gasteiger partial charge is 0.457 e. The van der Waals surface area contributed by atoms with Gasteiger partial charge in [0.15, 0.2) is 0 Å². The van der Waals surface area contributed by atoms with Crippen LogP contribution in [0.5, 0.6) is 11.5 Å². The lowest BCUT2D eigenvalue weighted by Crippen LogP contribution is -2.46. The van der Waals surface area contributed by atoms with Crippen LogP contribution in [0.1, 0.15) is 15.9 Å². The molecule has 2 aromatic rings. The summed E-state index contributed by atoms with van der Waals surface area (Å²) in [4.78, 5) is 14.2. The van der Waals surface area contributed by atoms with Crippen molar-refractivity contribution in [2.45, 2.75) is 12.3 Å². The molecule has 1 saturated heterocycles. The first kappa shape index (κ1) is 19.2. The van der Waals surface area contributed by atoms with Gasteiger partial charge in [-0.15, -0.1) is 0 Å². The van der Waals surface area contributed by atoms with Crippen LogP contribution in [0.4, 0.5) is 13.2 Å². The Morgan fingerprint density at radius 3 is 2.59 bits per heavy atom. The maximum absolute atomic E-state index is 12.8. The van der Waals surface area contributed by atoms with Crippen LogP contribution in [-0.4, -0.2) is 48.3 Å². The van der Waals surface area contributed by atoms with Crippen LogP contribution in [0.2, 0.25) is 0 Å². The van der Waals surface area contributed by atoms with E-state index in [4.69, 9.17) is 9.47 Å². The molecule has 1 N–H and O–H groups in total. The molecule has 8 heteroatoms. The third-order valence-electron chi connectivity index (χ3n) is 4.11. The fraction of sp³-hybridized carbons (Fsp3) is 0.316. The van der Waals surface area contributed by atoms with E-state index in [0.29, 0.717) is 18.7 Å². The van der Waals surface area contributed by atoms with E-state index in [1.54, 1.807) is 23.1 Å². The number of carbonyl (C=O) groups excluding carboxylic acids is 1. The molecule has 144 valence electrons. The minimum absolute atomic E-state index is 0.0288.